The minimum absolute atomic E-state index is 0.0112. The zero-order valence-corrected chi connectivity index (χ0v) is 39.6. The van der Waals surface area contributed by atoms with Crippen molar-refractivity contribution >= 4 is 47.3 Å². The quantitative estimate of drug-likeness (QED) is 0.0487. The summed E-state index contributed by atoms with van der Waals surface area (Å²) in [5, 5.41) is 35.6. The number of carbonyl (C=O) groups excluding carboxylic acids is 7. The van der Waals surface area contributed by atoms with E-state index < -0.39 is 96.2 Å². The van der Waals surface area contributed by atoms with Crippen molar-refractivity contribution in [3.63, 3.8) is 0 Å². The van der Waals surface area contributed by atoms with Crippen molar-refractivity contribution in [3.05, 3.63) is 138 Å². The first-order chi connectivity index (χ1) is 33.5. The fourth-order valence-electron chi connectivity index (χ4n) is 8.11. The second-order valence-corrected chi connectivity index (χ2v) is 18.0. The molecule has 4 aromatic rings. The number of benzene rings is 4. The Morgan fingerprint density at radius 2 is 1.07 bits per heavy atom. The Morgan fingerprint density at radius 3 is 1.61 bits per heavy atom. The van der Waals surface area contributed by atoms with Crippen LogP contribution in [0.25, 0.3) is 0 Å². The molecule has 5 rings (SSSR count). The summed E-state index contributed by atoms with van der Waals surface area (Å²) in [6.07, 6.45) is 1.15. The molecule has 1 aliphatic heterocycles. The predicted molar refractivity (Wildman–Crippen MR) is 260 cm³/mol. The van der Waals surface area contributed by atoms with E-state index in [-0.39, 0.29) is 56.7 Å². The van der Waals surface area contributed by atoms with Gasteiger partial charge in [-0.3, -0.25) is 33.6 Å². The maximum absolute atomic E-state index is 14.4. The number of aromatic hydroxyl groups is 1. The van der Waals surface area contributed by atoms with Gasteiger partial charge in [-0.2, -0.15) is 0 Å². The molecule has 18 heteroatoms. The van der Waals surface area contributed by atoms with E-state index in [0.29, 0.717) is 17.5 Å². The van der Waals surface area contributed by atoms with Crippen LogP contribution in [0.4, 0.5) is 0 Å². The smallest absolute Gasteiger partial charge is 0.326 e. The van der Waals surface area contributed by atoms with Gasteiger partial charge < -0.3 is 52.7 Å². The van der Waals surface area contributed by atoms with E-state index >= 15 is 0 Å². The van der Waals surface area contributed by atoms with Gasteiger partial charge in [0.1, 0.15) is 42.0 Å². The number of hydrogen-bond acceptors (Lipinski definition) is 10. The number of phenols is 1. The number of likely N-dealkylation sites (tertiary alicyclic amines) is 1. The van der Waals surface area contributed by atoms with Gasteiger partial charge in [0.25, 0.3) is 0 Å². The van der Waals surface area contributed by atoms with Gasteiger partial charge in [0.05, 0.1) is 12.6 Å². The third-order valence-electron chi connectivity index (χ3n) is 11.8. The number of carboxylic acid groups (broad SMARTS) is 1. The number of carboxylic acids is 1. The Bertz CT molecular complexity index is 2410. The molecule has 4 aromatic carbocycles. The summed E-state index contributed by atoms with van der Waals surface area (Å²) in [7, 11) is 0. The Balaban J connectivity index is 1.26. The van der Waals surface area contributed by atoms with Gasteiger partial charge in [-0.25, -0.2) is 4.79 Å². The van der Waals surface area contributed by atoms with Crippen molar-refractivity contribution in [1.29, 1.82) is 0 Å². The molecule has 10 N–H and O–H groups in total. The highest BCUT2D eigenvalue weighted by Gasteiger charge is 2.40. The molecule has 0 aromatic heterocycles. The summed E-state index contributed by atoms with van der Waals surface area (Å²) in [5.74, 6) is -5.98. The van der Waals surface area contributed by atoms with E-state index in [0.717, 1.165) is 11.1 Å². The molecule has 0 unspecified atom stereocenters. The van der Waals surface area contributed by atoms with Crippen LogP contribution in [0.3, 0.4) is 0 Å². The summed E-state index contributed by atoms with van der Waals surface area (Å²) in [4.78, 5) is 109. The average molecular weight is 961 g/mol. The van der Waals surface area contributed by atoms with Crippen molar-refractivity contribution < 1.29 is 48.6 Å². The number of nitrogens with zero attached hydrogens (tertiary/aromatic N) is 1. The van der Waals surface area contributed by atoms with Crippen LogP contribution in [-0.2, 0) is 64.0 Å². The summed E-state index contributed by atoms with van der Waals surface area (Å²) in [5.41, 5.74) is 9.03. The minimum atomic E-state index is -1.32. The first-order valence-electron chi connectivity index (χ1n) is 23.4. The maximum Gasteiger partial charge on any atom is 0.326 e. The lowest BCUT2D eigenvalue weighted by molar-refractivity contribution is -0.145. The van der Waals surface area contributed by atoms with Crippen molar-refractivity contribution in [1.82, 2.24) is 36.8 Å². The van der Waals surface area contributed by atoms with Gasteiger partial charge in [0.15, 0.2) is 0 Å². The third-order valence-corrected chi connectivity index (χ3v) is 11.8. The topological polar surface area (TPSA) is 278 Å². The minimum Gasteiger partial charge on any atom is -0.508 e. The fourth-order valence-corrected chi connectivity index (χ4v) is 8.11. The zero-order chi connectivity index (χ0) is 50.7. The molecule has 18 nitrogen and oxygen atoms in total. The van der Waals surface area contributed by atoms with E-state index in [1.807, 2.05) is 50.2 Å². The number of nitrogens with one attached hydrogen (secondary N) is 6. The van der Waals surface area contributed by atoms with Crippen LogP contribution in [0.2, 0.25) is 0 Å². The SMILES string of the molecule is CC(C)C[C@H](NC(=O)[C@@H]1CCCN1C(=O)[C@H](Cc1ccccc1)NC(=O)[C@H](Cc1ccc(O)cc1)NC(=O)CNC(=O)[C@H](C)NC(=O)[C@H](Cc1ccccc1)NC(=O)[C@@H](N)Cc1ccccc1)C(=O)O. The van der Waals surface area contributed by atoms with Gasteiger partial charge in [-0.15, -0.1) is 0 Å². The molecule has 0 radical (unpaired) electrons. The van der Waals surface area contributed by atoms with Crippen LogP contribution >= 0.6 is 0 Å². The van der Waals surface area contributed by atoms with E-state index in [4.69, 9.17) is 5.73 Å². The highest BCUT2D eigenvalue weighted by molar-refractivity contribution is 5.97. The van der Waals surface area contributed by atoms with Gasteiger partial charge in [-0.05, 0) is 72.9 Å². The molecule has 0 spiro atoms. The number of hydrogen-bond donors (Lipinski definition) is 9. The molecule has 70 heavy (non-hydrogen) atoms. The fraction of sp³-hybridized carbons (Fsp3) is 0.385. The molecule has 1 saturated heterocycles. The van der Waals surface area contributed by atoms with E-state index in [9.17, 15) is 48.6 Å². The molecule has 372 valence electrons. The van der Waals surface area contributed by atoms with Crippen molar-refractivity contribution in [2.75, 3.05) is 13.1 Å². The van der Waals surface area contributed by atoms with Crippen molar-refractivity contribution in [3.8, 4) is 5.75 Å². The number of rotatable bonds is 24. The molecule has 0 aliphatic carbocycles. The first-order valence-corrected chi connectivity index (χ1v) is 23.4. The summed E-state index contributed by atoms with van der Waals surface area (Å²) < 4.78 is 0. The number of amides is 7. The van der Waals surface area contributed by atoms with E-state index in [1.165, 1.54) is 24.0 Å². The largest absolute Gasteiger partial charge is 0.508 e. The second kappa shape index (κ2) is 26.2. The second-order valence-electron chi connectivity index (χ2n) is 18.0. The first kappa shape index (κ1) is 53.4. The maximum atomic E-state index is 14.4. The lowest BCUT2D eigenvalue weighted by Crippen LogP contribution is -2.59. The van der Waals surface area contributed by atoms with Crippen LogP contribution in [-0.4, -0.2) is 118 Å². The molecule has 7 amide bonds. The molecular weight excluding hydrogens is 897 g/mol. The van der Waals surface area contributed by atoms with Crippen LogP contribution < -0.4 is 37.6 Å². The summed E-state index contributed by atoms with van der Waals surface area (Å²) >= 11 is 0. The Kier molecular flexibility index (Phi) is 20.0. The number of carbonyl (C=O) groups is 8. The summed E-state index contributed by atoms with van der Waals surface area (Å²) in [6.45, 7) is 4.63. The number of phenolic OH excluding ortho intramolecular Hbond substituents is 1. The zero-order valence-electron chi connectivity index (χ0n) is 39.6. The van der Waals surface area contributed by atoms with Gasteiger partial charge in [0.2, 0.25) is 41.4 Å². The molecule has 1 heterocycles. The number of aliphatic carboxylic acids is 1. The standard InChI is InChI=1S/C52H64N8O10/c1-32(2)26-43(52(69)70)59-50(67)44-20-13-25-60(44)51(68)42(30-36-18-11-6-12-19-36)58-49(66)40(29-37-21-23-38(61)24-22-37)56-45(62)31-54-46(63)33(3)55-48(65)41(28-35-16-9-5-10-17-35)57-47(64)39(53)27-34-14-7-4-8-15-34/h4-12,14-19,21-24,32-33,39-44,61H,13,20,25-31,53H2,1-3H3,(H,54,63)(H,55,65)(H,56,62)(H,57,64)(H,58,66)(H,59,67)(H,69,70)/t33-,39-,40-,41-,42-,43-,44-/m0/s1. The molecule has 7 atom stereocenters. The lowest BCUT2D eigenvalue weighted by Gasteiger charge is -2.30. The molecule has 0 bridgehead atoms. The third kappa shape index (κ3) is 16.6. The monoisotopic (exact) mass is 960 g/mol. The molecule has 0 saturated carbocycles. The highest BCUT2D eigenvalue weighted by atomic mass is 16.4. The van der Waals surface area contributed by atoms with E-state index in [1.54, 1.807) is 66.7 Å². The predicted octanol–water partition coefficient (Wildman–Crippen LogP) is 1.67. The van der Waals surface area contributed by atoms with Gasteiger partial charge in [0, 0.05) is 25.8 Å². The molecular formula is C52H64N8O10. The van der Waals surface area contributed by atoms with Gasteiger partial charge in [-0.1, -0.05) is 117 Å². The highest BCUT2D eigenvalue weighted by Crippen LogP contribution is 2.21. The van der Waals surface area contributed by atoms with Gasteiger partial charge >= 0.3 is 5.97 Å². The van der Waals surface area contributed by atoms with Crippen LogP contribution in [0.15, 0.2) is 115 Å². The normalized spacial score (nSPS) is 15.8. The molecule has 1 aliphatic rings. The Morgan fingerprint density at radius 1 is 0.586 bits per heavy atom. The van der Waals surface area contributed by atoms with Crippen LogP contribution in [0.1, 0.15) is 62.3 Å². The lowest BCUT2D eigenvalue weighted by atomic mass is 10.0. The van der Waals surface area contributed by atoms with E-state index in [2.05, 4.69) is 31.9 Å². The average Bonchev–Trinajstić information content (AvgIpc) is 3.84. The van der Waals surface area contributed by atoms with Crippen LogP contribution in [0.5, 0.6) is 5.75 Å². The van der Waals surface area contributed by atoms with Crippen molar-refractivity contribution in [2.45, 2.75) is 108 Å². The Hall–Kier alpha value is -7.60. The Labute approximate surface area is 407 Å². The number of nitrogens with two attached hydrogens (primary N) is 1. The van der Waals surface area contributed by atoms with Crippen molar-refractivity contribution in [2.24, 2.45) is 11.7 Å². The molecule has 1 fully saturated rings. The van der Waals surface area contributed by atoms with Crippen LogP contribution in [0, 0.1) is 5.92 Å². The summed E-state index contributed by atoms with van der Waals surface area (Å²) in [6, 6.07) is 25.0.